The third-order valence-electron chi connectivity index (χ3n) is 4.80. The first kappa shape index (κ1) is 14.7. The quantitative estimate of drug-likeness (QED) is 0.849. The van der Waals surface area contributed by atoms with Crippen LogP contribution in [0.15, 0.2) is 23.0 Å². The number of hydrogen-bond acceptors (Lipinski definition) is 2. The van der Waals surface area contributed by atoms with E-state index < -0.39 is 11.6 Å². The topological polar surface area (TPSA) is 78.3 Å². The number of H-pyrrole nitrogens is 1. The molecule has 1 aliphatic heterocycles. The fourth-order valence-electron chi connectivity index (χ4n) is 3.69. The second-order valence-corrected chi connectivity index (χ2v) is 6.67. The van der Waals surface area contributed by atoms with Crippen molar-refractivity contribution in [1.29, 1.82) is 0 Å². The number of para-hydroxylation sites is 1. The minimum Gasteiger partial charge on any atom is -0.465 e. The van der Waals surface area contributed by atoms with E-state index in [1.165, 1.54) is 4.90 Å². The molecule has 0 unspecified atom stereocenters. The molecule has 22 heavy (non-hydrogen) atoms. The van der Waals surface area contributed by atoms with Gasteiger partial charge in [-0.2, -0.15) is 0 Å². The molecule has 118 valence electrons. The van der Waals surface area contributed by atoms with Crippen molar-refractivity contribution in [3.8, 4) is 0 Å². The molecule has 6 nitrogen and oxygen atoms in total. The van der Waals surface area contributed by atoms with Crippen LogP contribution in [0.3, 0.4) is 0 Å². The van der Waals surface area contributed by atoms with Crippen molar-refractivity contribution in [2.45, 2.75) is 38.1 Å². The number of piperidine rings is 1. The molecule has 1 aliphatic rings. The first-order valence-corrected chi connectivity index (χ1v) is 7.49. The summed E-state index contributed by atoms with van der Waals surface area (Å²) in [6, 6.07) is 5.90. The molecular weight excluding hydrogens is 282 g/mol. The Morgan fingerprint density at radius 1 is 1.41 bits per heavy atom. The standard InChI is InChI=1S/C16H21N3O3/c1-16(2)9-10(7-8-19(16)15(21)22)11-5-4-6-12-13(11)18(3)14(20)17-12/h4-6,10H,7-9H2,1-3H3,(H,17,20)(H,21,22)/t10-/m1/s1. The maximum absolute atomic E-state index is 11.9. The Labute approximate surface area is 128 Å². The molecule has 0 saturated carbocycles. The highest BCUT2D eigenvalue weighted by Gasteiger charge is 2.38. The zero-order chi connectivity index (χ0) is 16.1. The van der Waals surface area contributed by atoms with Crippen molar-refractivity contribution < 1.29 is 9.90 Å². The minimum atomic E-state index is -0.865. The number of hydrogen-bond donors (Lipinski definition) is 2. The van der Waals surface area contributed by atoms with Crippen LogP contribution in [-0.2, 0) is 7.05 Å². The number of benzene rings is 1. The van der Waals surface area contributed by atoms with E-state index in [-0.39, 0.29) is 11.6 Å². The molecule has 0 radical (unpaired) electrons. The van der Waals surface area contributed by atoms with Crippen LogP contribution in [0.25, 0.3) is 11.0 Å². The van der Waals surface area contributed by atoms with Crippen molar-refractivity contribution in [2.24, 2.45) is 7.05 Å². The molecule has 0 spiro atoms. The van der Waals surface area contributed by atoms with Gasteiger partial charge in [-0.1, -0.05) is 12.1 Å². The highest BCUT2D eigenvalue weighted by molar-refractivity contribution is 5.79. The monoisotopic (exact) mass is 303 g/mol. The molecule has 1 atom stereocenters. The van der Waals surface area contributed by atoms with Crippen LogP contribution in [-0.4, -0.2) is 37.7 Å². The van der Waals surface area contributed by atoms with E-state index >= 15 is 0 Å². The van der Waals surface area contributed by atoms with Gasteiger partial charge in [0, 0.05) is 19.1 Å². The van der Waals surface area contributed by atoms with Crippen LogP contribution in [0.5, 0.6) is 0 Å². The number of aromatic amines is 1. The summed E-state index contributed by atoms with van der Waals surface area (Å²) in [5.74, 6) is 0.246. The van der Waals surface area contributed by atoms with Crippen LogP contribution in [0.4, 0.5) is 4.79 Å². The number of carboxylic acid groups (broad SMARTS) is 1. The SMILES string of the molecule is Cn1c(=O)[nH]c2cccc([C@@H]3CCN(C(=O)O)C(C)(C)C3)c21. The predicted octanol–water partition coefficient (Wildman–Crippen LogP) is 2.50. The Morgan fingerprint density at radius 3 is 2.77 bits per heavy atom. The Kier molecular flexibility index (Phi) is 3.27. The highest BCUT2D eigenvalue weighted by atomic mass is 16.4. The summed E-state index contributed by atoms with van der Waals surface area (Å²) in [6.45, 7) is 4.44. The van der Waals surface area contributed by atoms with E-state index in [1.807, 2.05) is 32.0 Å². The molecule has 2 N–H and O–H groups in total. The lowest BCUT2D eigenvalue weighted by molar-refractivity contribution is 0.0608. The molecule has 2 heterocycles. The van der Waals surface area contributed by atoms with Crippen LogP contribution in [0, 0.1) is 0 Å². The van der Waals surface area contributed by atoms with E-state index in [1.54, 1.807) is 11.6 Å². The number of likely N-dealkylation sites (tertiary alicyclic amines) is 1. The van der Waals surface area contributed by atoms with Gasteiger partial charge in [-0.3, -0.25) is 4.57 Å². The van der Waals surface area contributed by atoms with Crippen molar-refractivity contribution in [3.63, 3.8) is 0 Å². The molecule has 1 aromatic heterocycles. The number of aryl methyl sites for hydroxylation is 1. The first-order chi connectivity index (χ1) is 10.3. The molecule has 3 rings (SSSR count). The van der Waals surface area contributed by atoms with E-state index in [4.69, 9.17) is 0 Å². The van der Waals surface area contributed by atoms with E-state index in [0.29, 0.717) is 6.54 Å². The number of nitrogens with zero attached hydrogens (tertiary/aromatic N) is 2. The number of imidazole rings is 1. The smallest absolute Gasteiger partial charge is 0.407 e. The number of rotatable bonds is 1. The van der Waals surface area contributed by atoms with Crippen LogP contribution in [0.2, 0.25) is 0 Å². The van der Waals surface area contributed by atoms with Gasteiger partial charge in [-0.25, -0.2) is 9.59 Å². The van der Waals surface area contributed by atoms with Crippen LogP contribution >= 0.6 is 0 Å². The van der Waals surface area contributed by atoms with Gasteiger partial charge in [0.05, 0.1) is 11.0 Å². The normalized spacial score (nSPS) is 21.2. The summed E-state index contributed by atoms with van der Waals surface area (Å²) in [4.78, 5) is 27.6. The molecule has 0 bridgehead atoms. The van der Waals surface area contributed by atoms with Gasteiger partial charge in [-0.05, 0) is 44.2 Å². The zero-order valence-corrected chi connectivity index (χ0v) is 13.1. The summed E-state index contributed by atoms with van der Waals surface area (Å²) >= 11 is 0. The lowest BCUT2D eigenvalue weighted by Crippen LogP contribution is -2.51. The maximum Gasteiger partial charge on any atom is 0.407 e. The average Bonchev–Trinajstić information content (AvgIpc) is 2.72. The molecule has 0 aliphatic carbocycles. The number of amides is 1. The second kappa shape index (κ2) is 4.90. The van der Waals surface area contributed by atoms with Gasteiger partial charge in [0.15, 0.2) is 0 Å². The summed E-state index contributed by atoms with van der Waals surface area (Å²) in [5, 5.41) is 9.33. The zero-order valence-electron chi connectivity index (χ0n) is 13.1. The molecule has 1 aromatic carbocycles. The molecule has 1 amide bonds. The first-order valence-electron chi connectivity index (χ1n) is 7.49. The Bertz CT molecular complexity index is 788. The van der Waals surface area contributed by atoms with Crippen molar-refractivity contribution >= 4 is 17.1 Å². The molecule has 1 fully saturated rings. The van der Waals surface area contributed by atoms with Crippen molar-refractivity contribution in [1.82, 2.24) is 14.5 Å². The summed E-state index contributed by atoms with van der Waals surface area (Å²) in [7, 11) is 1.77. The second-order valence-electron chi connectivity index (χ2n) is 6.67. The van der Waals surface area contributed by atoms with Crippen molar-refractivity contribution in [2.75, 3.05) is 6.54 Å². The largest absolute Gasteiger partial charge is 0.465 e. The van der Waals surface area contributed by atoms with Gasteiger partial charge < -0.3 is 15.0 Å². The van der Waals surface area contributed by atoms with Crippen molar-refractivity contribution in [3.05, 3.63) is 34.2 Å². The summed E-state index contributed by atoms with van der Waals surface area (Å²) < 4.78 is 1.64. The third kappa shape index (κ3) is 2.19. The van der Waals surface area contributed by atoms with E-state index in [0.717, 1.165) is 29.4 Å². The average molecular weight is 303 g/mol. The van der Waals surface area contributed by atoms with Gasteiger partial charge in [-0.15, -0.1) is 0 Å². The minimum absolute atomic E-state index is 0.121. The number of carbonyl (C=O) groups is 1. The van der Waals surface area contributed by atoms with Crippen LogP contribution < -0.4 is 5.69 Å². The fourth-order valence-corrected chi connectivity index (χ4v) is 3.69. The molecule has 6 heteroatoms. The Hall–Kier alpha value is -2.24. The van der Waals surface area contributed by atoms with Gasteiger partial charge >= 0.3 is 11.8 Å². The number of aromatic nitrogens is 2. The lowest BCUT2D eigenvalue weighted by Gasteiger charge is -2.44. The number of nitrogens with one attached hydrogen (secondary N) is 1. The molecule has 2 aromatic rings. The lowest BCUT2D eigenvalue weighted by atomic mass is 9.79. The highest BCUT2D eigenvalue weighted by Crippen LogP contribution is 2.39. The number of fused-ring (bicyclic) bond motifs is 1. The predicted molar refractivity (Wildman–Crippen MR) is 84.3 cm³/mol. The van der Waals surface area contributed by atoms with Gasteiger partial charge in [0.25, 0.3) is 0 Å². The third-order valence-corrected chi connectivity index (χ3v) is 4.80. The molecular formula is C16H21N3O3. The summed E-state index contributed by atoms with van der Waals surface area (Å²) in [5.41, 5.74) is 2.35. The fraction of sp³-hybridized carbons (Fsp3) is 0.500. The molecule has 1 saturated heterocycles. The summed E-state index contributed by atoms with van der Waals surface area (Å²) in [6.07, 6.45) is 0.655. The Morgan fingerprint density at radius 2 is 2.14 bits per heavy atom. The van der Waals surface area contributed by atoms with Crippen LogP contribution in [0.1, 0.15) is 38.2 Å². The maximum atomic E-state index is 11.9. The van der Waals surface area contributed by atoms with E-state index in [2.05, 4.69) is 4.98 Å². The van der Waals surface area contributed by atoms with Gasteiger partial charge in [0.1, 0.15) is 0 Å². The Balaban J connectivity index is 2.03. The van der Waals surface area contributed by atoms with Gasteiger partial charge in [0.2, 0.25) is 0 Å². The van der Waals surface area contributed by atoms with E-state index in [9.17, 15) is 14.7 Å².